The highest BCUT2D eigenvalue weighted by Gasteiger charge is 2.04. The van der Waals surface area contributed by atoms with Gasteiger partial charge in [-0.05, 0) is 30.3 Å². The lowest BCUT2D eigenvalue weighted by Gasteiger charge is -2.04. The SMILES string of the molecule is CN(C)C(=O)/C=C/c1csc(-c2ccc(F)cc2)n1. The molecule has 1 aromatic heterocycles. The van der Waals surface area contributed by atoms with Crippen molar-refractivity contribution in [2.75, 3.05) is 14.1 Å². The van der Waals surface area contributed by atoms with E-state index in [1.807, 2.05) is 5.38 Å². The van der Waals surface area contributed by atoms with Crippen molar-refractivity contribution in [1.29, 1.82) is 0 Å². The van der Waals surface area contributed by atoms with Gasteiger partial charge in [0.15, 0.2) is 0 Å². The van der Waals surface area contributed by atoms with Gasteiger partial charge < -0.3 is 4.90 Å². The molecule has 0 spiro atoms. The van der Waals surface area contributed by atoms with Gasteiger partial charge in [0.1, 0.15) is 10.8 Å². The van der Waals surface area contributed by atoms with Crippen molar-refractivity contribution in [1.82, 2.24) is 9.88 Å². The average Bonchev–Trinajstić information content (AvgIpc) is 2.85. The predicted octanol–water partition coefficient (Wildman–Crippen LogP) is 3.05. The molecule has 0 radical (unpaired) electrons. The van der Waals surface area contributed by atoms with E-state index in [0.29, 0.717) is 0 Å². The fourth-order valence-corrected chi connectivity index (χ4v) is 2.19. The third kappa shape index (κ3) is 3.48. The Bertz CT molecular complexity index is 602. The van der Waals surface area contributed by atoms with Gasteiger partial charge in [0.25, 0.3) is 0 Å². The number of hydrogen-bond acceptors (Lipinski definition) is 3. The van der Waals surface area contributed by atoms with Gasteiger partial charge in [-0.25, -0.2) is 9.37 Å². The predicted molar refractivity (Wildman–Crippen MR) is 75.2 cm³/mol. The van der Waals surface area contributed by atoms with E-state index in [4.69, 9.17) is 0 Å². The van der Waals surface area contributed by atoms with Crippen LogP contribution in [0.25, 0.3) is 16.6 Å². The number of rotatable bonds is 3. The van der Waals surface area contributed by atoms with Gasteiger partial charge >= 0.3 is 0 Å². The molecule has 1 aromatic carbocycles. The fourth-order valence-electron chi connectivity index (χ4n) is 1.39. The van der Waals surface area contributed by atoms with Gasteiger partial charge in [-0.15, -0.1) is 11.3 Å². The minimum atomic E-state index is -0.267. The molecule has 0 aliphatic rings. The van der Waals surface area contributed by atoms with Crippen LogP contribution in [0.1, 0.15) is 5.69 Å². The van der Waals surface area contributed by atoms with Crippen LogP contribution >= 0.6 is 11.3 Å². The van der Waals surface area contributed by atoms with E-state index in [1.165, 1.54) is 34.4 Å². The first kappa shape index (κ1) is 13.4. The van der Waals surface area contributed by atoms with E-state index in [1.54, 1.807) is 32.3 Å². The highest BCUT2D eigenvalue weighted by atomic mass is 32.1. The van der Waals surface area contributed by atoms with Gasteiger partial charge in [-0.1, -0.05) is 0 Å². The Labute approximate surface area is 115 Å². The average molecular weight is 276 g/mol. The number of hydrogen-bond donors (Lipinski definition) is 0. The smallest absolute Gasteiger partial charge is 0.246 e. The van der Waals surface area contributed by atoms with Crippen LogP contribution in [0.15, 0.2) is 35.7 Å². The summed E-state index contributed by atoms with van der Waals surface area (Å²) in [5.74, 6) is -0.353. The first-order valence-electron chi connectivity index (χ1n) is 5.67. The quantitative estimate of drug-likeness (QED) is 0.807. The molecule has 0 atom stereocenters. The molecule has 0 bridgehead atoms. The Balaban J connectivity index is 2.15. The molecular weight excluding hydrogens is 263 g/mol. The molecular formula is C14H13FN2OS. The molecule has 1 heterocycles. The number of benzene rings is 1. The Morgan fingerprint density at radius 3 is 2.63 bits per heavy atom. The molecule has 1 amide bonds. The Kier molecular flexibility index (Phi) is 4.06. The molecule has 0 saturated carbocycles. The maximum absolute atomic E-state index is 12.8. The number of thiazole rings is 1. The minimum absolute atomic E-state index is 0.0867. The Hall–Kier alpha value is -2.01. The van der Waals surface area contributed by atoms with Crippen LogP contribution in [0, 0.1) is 5.82 Å². The number of likely N-dealkylation sites (N-methyl/N-ethyl adjacent to an activating group) is 1. The third-order valence-electron chi connectivity index (χ3n) is 2.45. The number of halogens is 1. The maximum Gasteiger partial charge on any atom is 0.246 e. The molecule has 2 rings (SSSR count). The van der Waals surface area contributed by atoms with E-state index in [2.05, 4.69) is 4.98 Å². The van der Waals surface area contributed by atoms with Crippen molar-refractivity contribution in [2.45, 2.75) is 0 Å². The Morgan fingerprint density at radius 1 is 1.32 bits per heavy atom. The largest absolute Gasteiger partial charge is 0.345 e. The van der Waals surface area contributed by atoms with Crippen molar-refractivity contribution in [3.63, 3.8) is 0 Å². The molecule has 98 valence electrons. The molecule has 5 heteroatoms. The van der Waals surface area contributed by atoms with Gasteiger partial charge in [-0.3, -0.25) is 4.79 Å². The lowest BCUT2D eigenvalue weighted by Crippen LogP contribution is -2.18. The first-order chi connectivity index (χ1) is 9.06. The lowest BCUT2D eigenvalue weighted by molar-refractivity contribution is -0.123. The van der Waals surface area contributed by atoms with Gasteiger partial charge in [-0.2, -0.15) is 0 Å². The number of nitrogens with zero attached hydrogens (tertiary/aromatic N) is 2. The van der Waals surface area contributed by atoms with Crippen molar-refractivity contribution in [2.24, 2.45) is 0 Å². The number of aromatic nitrogens is 1. The second-order valence-corrected chi connectivity index (χ2v) is 5.01. The zero-order valence-electron chi connectivity index (χ0n) is 10.6. The van der Waals surface area contributed by atoms with Crippen molar-refractivity contribution in [3.8, 4) is 10.6 Å². The van der Waals surface area contributed by atoms with Crippen LogP contribution in [-0.2, 0) is 4.79 Å². The maximum atomic E-state index is 12.8. The molecule has 0 saturated heterocycles. The molecule has 0 aliphatic heterocycles. The first-order valence-corrected chi connectivity index (χ1v) is 6.55. The zero-order valence-corrected chi connectivity index (χ0v) is 11.4. The highest BCUT2D eigenvalue weighted by molar-refractivity contribution is 7.13. The van der Waals surface area contributed by atoms with Crippen LogP contribution in [-0.4, -0.2) is 29.9 Å². The summed E-state index contributed by atoms with van der Waals surface area (Å²) in [4.78, 5) is 17.3. The highest BCUT2D eigenvalue weighted by Crippen LogP contribution is 2.24. The monoisotopic (exact) mass is 276 g/mol. The molecule has 0 fully saturated rings. The second-order valence-electron chi connectivity index (χ2n) is 4.15. The van der Waals surface area contributed by atoms with Crippen LogP contribution in [0.5, 0.6) is 0 Å². The topological polar surface area (TPSA) is 33.2 Å². The number of amides is 1. The summed E-state index contributed by atoms with van der Waals surface area (Å²) < 4.78 is 12.8. The van der Waals surface area contributed by atoms with E-state index in [9.17, 15) is 9.18 Å². The summed E-state index contributed by atoms with van der Waals surface area (Å²) in [6, 6.07) is 6.18. The molecule has 3 nitrogen and oxygen atoms in total. The van der Waals surface area contributed by atoms with E-state index >= 15 is 0 Å². The summed E-state index contributed by atoms with van der Waals surface area (Å²) in [6.07, 6.45) is 3.15. The Morgan fingerprint density at radius 2 is 2.00 bits per heavy atom. The van der Waals surface area contributed by atoms with Crippen molar-refractivity contribution in [3.05, 3.63) is 47.2 Å². The number of carbonyl (C=O) groups excluding carboxylic acids is 1. The van der Waals surface area contributed by atoms with Gasteiger partial charge in [0.2, 0.25) is 5.91 Å². The van der Waals surface area contributed by atoms with E-state index in [-0.39, 0.29) is 11.7 Å². The standard InChI is InChI=1S/C14H13FN2OS/c1-17(2)13(18)8-7-12-9-19-14(16-12)10-3-5-11(15)6-4-10/h3-9H,1-2H3/b8-7+. The van der Waals surface area contributed by atoms with Gasteiger partial charge in [0.05, 0.1) is 5.69 Å². The summed E-state index contributed by atoms with van der Waals surface area (Å²) in [5, 5.41) is 2.66. The molecule has 0 aliphatic carbocycles. The summed E-state index contributed by atoms with van der Waals surface area (Å²) in [5.41, 5.74) is 1.59. The van der Waals surface area contributed by atoms with Crippen LogP contribution < -0.4 is 0 Å². The second kappa shape index (κ2) is 5.75. The molecule has 2 aromatic rings. The zero-order chi connectivity index (χ0) is 13.8. The lowest BCUT2D eigenvalue weighted by atomic mass is 10.2. The third-order valence-corrected chi connectivity index (χ3v) is 3.36. The normalized spacial score (nSPS) is 10.9. The van der Waals surface area contributed by atoms with Crippen molar-refractivity contribution < 1.29 is 9.18 Å². The van der Waals surface area contributed by atoms with Crippen LogP contribution in [0.2, 0.25) is 0 Å². The minimum Gasteiger partial charge on any atom is -0.345 e. The van der Waals surface area contributed by atoms with E-state index < -0.39 is 0 Å². The number of carbonyl (C=O) groups is 1. The molecule has 0 N–H and O–H groups in total. The molecule has 19 heavy (non-hydrogen) atoms. The van der Waals surface area contributed by atoms with Crippen LogP contribution in [0.4, 0.5) is 4.39 Å². The summed E-state index contributed by atoms with van der Waals surface area (Å²) >= 11 is 1.46. The summed E-state index contributed by atoms with van der Waals surface area (Å²) in [7, 11) is 3.38. The van der Waals surface area contributed by atoms with Crippen LogP contribution in [0.3, 0.4) is 0 Å². The fraction of sp³-hybridized carbons (Fsp3) is 0.143. The summed E-state index contributed by atoms with van der Waals surface area (Å²) in [6.45, 7) is 0. The van der Waals surface area contributed by atoms with Gasteiger partial charge in [0, 0.05) is 31.1 Å². The van der Waals surface area contributed by atoms with Crippen molar-refractivity contribution >= 4 is 23.3 Å². The molecule has 0 unspecified atom stereocenters. The van der Waals surface area contributed by atoms with E-state index in [0.717, 1.165) is 16.3 Å².